The maximum Gasteiger partial charge on any atom is 0.232 e. The number of benzene rings is 2. The fourth-order valence-electron chi connectivity index (χ4n) is 2.69. The molecule has 3 rings (SSSR count). The van der Waals surface area contributed by atoms with Gasteiger partial charge in [-0.05, 0) is 46.7 Å². The predicted molar refractivity (Wildman–Crippen MR) is 111 cm³/mol. The van der Waals surface area contributed by atoms with Crippen LogP contribution < -0.4 is 9.47 Å². The summed E-state index contributed by atoms with van der Waals surface area (Å²) in [5.41, 5.74) is 1.93. The topological polar surface area (TPSA) is 82.4 Å². The second-order valence-electron chi connectivity index (χ2n) is 6.25. The fourth-order valence-corrected chi connectivity index (χ4v) is 3.53. The molecule has 0 aliphatic rings. The van der Waals surface area contributed by atoms with Crippen molar-refractivity contribution in [3.05, 3.63) is 54.1 Å². The first-order valence-corrected chi connectivity index (χ1v) is 10.0. The van der Waals surface area contributed by atoms with Crippen LogP contribution in [-0.4, -0.2) is 64.6 Å². The number of hydrogen-bond acceptors (Lipinski definition) is 7. The van der Waals surface area contributed by atoms with E-state index in [1.165, 1.54) is 11.8 Å². The van der Waals surface area contributed by atoms with Crippen LogP contribution in [0.3, 0.4) is 0 Å². The van der Waals surface area contributed by atoms with Gasteiger partial charge in [0.2, 0.25) is 11.1 Å². The molecule has 0 saturated heterocycles. The summed E-state index contributed by atoms with van der Waals surface area (Å²) in [4.78, 5) is 14.2. The standard InChI is InChI=1S/C20H23N5O3S/c1-24(12-11-15-9-10-17(27-2)18(13-15)28-3)19(26)14-29-20-21-22-23-25(20)16-7-5-4-6-8-16/h4-10,13H,11-12,14H2,1-3H3. The molecular weight excluding hydrogens is 390 g/mol. The Hall–Kier alpha value is -3.07. The van der Waals surface area contributed by atoms with Gasteiger partial charge in [0.05, 0.1) is 25.7 Å². The number of hydrogen-bond donors (Lipinski definition) is 0. The van der Waals surface area contributed by atoms with Gasteiger partial charge in [0, 0.05) is 13.6 Å². The highest BCUT2D eigenvalue weighted by Gasteiger charge is 2.14. The van der Waals surface area contributed by atoms with Gasteiger partial charge < -0.3 is 14.4 Å². The molecule has 0 unspecified atom stereocenters. The van der Waals surface area contributed by atoms with Crippen LogP contribution >= 0.6 is 11.8 Å². The normalized spacial score (nSPS) is 10.6. The number of aromatic nitrogens is 4. The summed E-state index contributed by atoms with van der Waals surface area (Å²) in [6, 6.07) is 15.4. The summed E-state index contributed by atoms with van der Waals surface area (Å²) < 4.78 is 12.2. The van der Waals surface area contributed by atoms with Crippen molar-refractivity contribution in [1.29, 1.82) is 0 Å². The van der Waals surface area contributed by atoms with Crippen molar-refractivity contribution in [2.45, 2.75) is 11.6 Å². The van der Waals surface area contributed by atoms with Crippen molar-refractivity contribution < 1.29 is 14.3 Å². The molecule has 0 aliphatic carbocycles. The van der Waals surface area contributed by atoms with E-state index >= 15 is 0 Å². The van der Waals surface area contributed by atoms with Crippen LogP contribution in [0.1, 0.15) is 5.56 Å². The van der Waals surface area contributed by atoms with Crippen molar-refractivity contribution in [3.8, 4) is 17.2 Å². The Bertz CT molecular complexity index is 948. The largest absolute Gasteiger partial charge is 0.493 e. The van der Waals surface area contributed by atoms with Gasteiger partial charge in [-0.2, -0.15) is 4.68 Å². The van der Waals surface area contributed by atoms with E-state index in [-0.39, 0.29) is 11.7 Å². The number of methoxy groups -OCH3 is 2. The minimum Gasteiger partial charge on any atom is -0.493 e. The predicted octanol–water partition coefficient (Wildman–Crippen LogP) is 2.47. The highest BCUT2D eigenvalue weighted by Crippen LogP contribution is 2.27. The van der Waals surface area contributed by atoms with Crippen LogP contribution in [0.15, 0.2) is 53.7 Å². The van der Waals surface area contributed by atoms with Gasteiger partial charge >= 0.3 is 0 Å². The average Bonchev–Trinajstić information content (AvgIpc) is 3.24. The summed E-state index contributed by atoms with van der Waals surface area (Å²) in [6.45, 7) is 0.596. The summed E-state index contributed by atoms with van der Waals surface area (Å²) in [6.07, 6.45) is 0.717. The van der Waals surface area contributed by atoms with Crippen LogP contribution in [0.5, 0.6) is 11.5 Å². The van der Waals surface area contributed by atoms with Crippen molar-refractivity contribution in [2.75, 3.05) is 33.6 Å². The van der Waals surface area contributed by atoms with E-state index in [4.69, 9.17) is 9.47 Å². The van der Waals surface area contributed by atoms with E-state index in [1.807, 2.05) is 48.5 Å². The van der Waals surface area contributed by atoms with E-state index in [2.05, 4.69) is 15.5 Å². The van der Waals surface area contributed by atoms with Crippen molar-refractivity contribution in [3.63, 3.8) is 0 Å². The maximum absolute atomic E-state index is 12.5. The van der Waals surface area contributed by atoms with Gasteiger partial charge in [0.15, 0.2) is 11.5 Å². The molecule has 152 valence electrons. The second kappa shape index (κ2) is 9.92. The third-order valence-corrected chi connectivity index (χ3v) is 5.28. The molecule has 1 amide bonds. The number of tetrazole rings is 1. The van der Waals surface area contributed by atoms with E-state index in [9.17, 15) is 4.79 Å². The lowest BCUT2D eigenvalue weighted by Crippen LogP contribution is -2.30. The van der Waals surface area contributed by atoms with Crippen LogP contribution in [-0.2, 0) is 11.2 Å². The quantitative estimate of drug-likeness (QED) is 0.498. The summed E-state index contributed by atoms with van der Waals surface area (Å²) in [5, 5.41) is 12.3. The maximum atomic E-state index is 12.5. The Morgan fingerprint density at radius 2 is 1.86 bits per heavy atom. The third-order valence-electron chi connectivity index (χ3n) is 4.38. The number of carbonyl (C=O) groups is 1. The molecule has 3 aromatic rings. The molecular formula is C20H23N5O3S. The number of ether oxygens (including phenoxy) is 2. The van der Waals surface area contributed by atoms with Gasteiger partial charge in [0.1, 0.15) is 0 Å². The number of rotatable bonds is 9. The smallest absolute Gasteiger partial charge is 0.232 e. The van der Waals surface area contributed by atoms with Gasteiger partial charge in [0.25, 0.3) is 0 Å². The number of thioether (sulfide) groups is 1. The van der Waals surface area contributed by atoms with Crippen LogP contribution in [0, 0.1) is 0 Å². The summed E-state index contributed by atoms with van der Waals surface area (Å²) in [7, 11) is 5.01. The van der Waals surface area contributed by atoms with Gasteiger partial charge in [-0.3, -0.25) is 4.79 Å². The molecule has 0 fully saturated rings. The van der Waals surface area contributed by atoms with E-state index in [1.54, 1.807) is 30.8 Å². The van der Waals surface area contributed by atoms with E-state index in [0.29, 0.717) is 23.2 Å². The van der Waals surface area contributed by atoms with E-state index in [0.717, 1.165) is 17.7 Å². The molecule has 8 nitrogen and oxygen atoms in total. The van der Waals surface area contributed by atoms with Gasteiger partial charge in [-0.25, -0.2) is 0 Å². The fraction of sp³-hybridized carbons (Fsp3) is 0.300. The zero-order valence-electron chi connectivity index (χ0n) is 16.6. The molecule has 29 heavy (non-hydrogen) atoms. The first-order chi connectivity index (χ1) is 14.1. The Labute approximate surface area is 173 Å². The average molecular weight is 414 g/mol. The number of para-hydroxylation sites is 1. The molecule has 0 spiro atoms. The molecule has 0 N–H and O–H groups in total. The number of amides is 1. The van der Waals surface area contributed by atoms with Crippen LogP contribution in [0.25, 0.3) is 5.69 Å². The Morgan fingerprint density at radius 1 is 1.10 bits per heavy atom. The zero-order valence-corrected chi connectivity index (χ0v) is 17.4. The van der Waals surface area contributed by atoms with Crippen LogP contribution in [0.4, 0.5) is 0 Å². The zero-order chi connectivity index (χ0) is 20.6. The second-order valence-corrected chi connectivity index (χ2v) is 7.19. The van der Waals surface area contributed by atoms with E-state index < -0.39 is 0 Å². The molecule has 1 heterocycles. The highest BCUT2D eigenvalue weighted by molar-refractivity contribution is 7.99. The Kier molecular flexibility index (Phi) is 7.07. The monoisotopic (exact) mass is 413 g/mol. The van der Waals surface area contributed by atoms with Crippen molar-refractivity contribution in [2.24, 2.45) is 0 Å². The third kappa shape index (κ3) is 5.26. The molecule has 2 aromatic carbocycles. The molecule has 0 aliphatic heterocycles. The first-order valence-electron chi connectivity index (χ1n) is 9.04. The molecule has 9 heteroatoms. The SMILES string of the molecule is COc1ccc(CCN(C)C(=O)CSc2nnnn2-c2ccccc2)cc1OC. The molecule has 0 radical (unpaired) electrons. The van der Waals surface area contributed by atoms with Crippen molar-refractivity contribution in [1.82, 2.24) is 25.1 Å². The molecule has 0 bridgehead atoms. The molecule has 0 saturated carbocycles. The van der Waals surface area contributed by atoms with Gasteiger partial charge in [-0.15, -0.1) is 5.10 Å². The Morgan fingerprint density at radius 3 is 2.59 bits per heavy atom. The Balaban J connectivity index is 1.54. The number of likely N-dealkylation sites (N-methyl/N-ethyl adjacent to an activating group) is 1. The number of carbonyl (C=O) groups excluding carboxylic acids is 1. The van der Waals surface area contributed by atoms with Crippen molar-refractivity contribution >= 4 is 17.7 Å². The molecule has 0 atom stereocenters. The highest BCUT2D eigenvalue weighted by atomic mass is 32.2. The lowest BCUT2D eigenvalue weighted by Gasteiger charge is -2.17. The lowest BCUT2D eigenvalue weighted by atomic mass is 10.1. The minimum absolute atomic E-state index is 0.0121. The van der Waals surface area contributed by atoms with Crippen LogP contribution in [0.2, 0.25) is 0 Å². The first kappa shape index (κ1) is 20.7. The summed E-state index contributed by atoms with van der Waals surface area (Å²) >= 11 is 1.32. The number of nitrogens with zero attached hydrogens (tertiary/aromatic N) is 5. The minimum atomic E-state index is 0.0121. The lowest BCUT2D eigenvalue weighted by molar-refractivity contribution is -0.127. The van der Waals surface area contributed by atoms with Gasteiger partial charge in [-0.1, -0.05) is 36.0 Å². The summed E-state index contributed by atoms with van der Waals surface area (Å²) in [5.74, 6) is 1.64. The molecule has 1 aromatic heterocycles.